The Balaban J connectivity index is 1.63. The van der Waals surface area contributed by atoms with E-state index in [-0.39, 0.29) is 17.3 Å². The summed E-state index contributed by atoms with van der Waals surface area (Å²) in [6.45, 7) is 0. The van der Waals surface area contributed by atoms with Gasteiger partial charge in [-0.15, -0.1) is 0 Å². The molecule has 1 aliphatic rings. The number of phenols is 1. The van der Waals surface area contributed by atoms with Crippen LogP contribution in [0.3, 0.4) is 0 Å². The van der Waals surface area contributed by atoms with Crippen molar-refractivity contribution in [2.75, 3.05) is 0 Å². The summed E-state index contributed by atoms with van der Waals surface area (Å²) in [4.78, 5) is 20.6. The fraction of sp³-hybridized carbons (Fsp3) is 0. The van der Waals surface area contributed by atoms with Gasteiger partial charge in [-0.2, -0.15) is 0 Å². The molecule has 0 atom stereocenters. The van der Waals surface area contributed by atoms with E-state index in [1.54, 1.807) is 41.6 Å². The largest absolute Gasteiger partial charge is 0.508 e. The Morgan fingerprint density at radius 1 is 1.22 bits per heavy atom. The smallest absolute Gasteiger partial charge is 0.231 e. The third kappa shape index (κ3) is 2.36. The van der Waals surface area contributed by atoms with E-state index in [9.17, 15) is 9.90 Å². The maximum atomic E-state index is 12.3. The number of phenolic OH excluding ortho intramolecular Hbond substituents is 1. The summed E-state index contributed by atoms with van der Waals surface area (Å²) in [6.07, 6.45) is 8.42. The van der Waals surface area contributed by atoms with Gasteiger partial charge in [0.2, 0.25) is 5.78 Å². The van der Waals surface area contributed by atoms with E-state index in [4.69, 9.17) is 4.74 Å². The predicted octanol–water partition coefficient (Wildman–Crippen LogP) is 2.59. The summed E-state index contributed by atoms with van der Waals surface area (Å²) in [5.41, 5.74) is 1.19. The minimum absolute atomic E-state index is 0.0594. The van der Waals surface area contributed by atoms with Gasteiger partial charge in [0.1, 0.15) is 23.6 Å². The zero-order chi connectivity index (χ0) is 15.8. The molecule has 0 radical (unpaired) electrons. The van der Waals surface area contributed by atoms with Gasteiger partial charge in [0.25, 0.3) is 0 Å². The molecule has 0 amide bonds. The average molecular weight is 305 g/mol. The molecule has 0 unspecified atom stereocenters. The van der Waals surface area contributed by atoms with Crippen LogP contribution in [0.25, 0.3) is 11.9 Å². The molecule has 2 aromatic heterocycles. The van der Waals surface area contributed by atoms with Crippen LogP contribution in [-0.2, 0) is 0 Å². The highest BCUT2D eigenvalue weighted by Crippen LogP contribution is 2.34. The second kappa shape index (κ2) is 5.10. The Labute approximate surface area is 131 Å². The number of ether oxygens (including phenoxy) is 1. The minimum Gasteiger partial charge on any atom is -0.508 e. The Bertz CT molecular complexity index is 913. The first-order valence-corrected chi connectivity index (χ1v) is 6.92. The number of rotatable bonds is 2. The fourth-order valence-corrected chi connectivity index (χ4v) is 2.36. The van der Waals surface area contributed by atoms with Gasteiger partial charge in [0.05, 0.1) is 5.56 Å². The molecule has 1 aromatic carbocycles. The summed E-state index contributed by atoms with van der Waals surface area (Å²) in [6, 6.07) is 8.10. The van der Waals surface area contributed by atoms with Gasteiger partial charge in [-0.1, -0.05) is 0 Å². The SMILES string of the molecule is O=C1C(=Cc2ccc(-n3ccnc3)nc2)Oc2cc(O)ccc21. The number of aromatic nitrogens is 3. The number of imidazole rings is 1. The topological polar surface area (TPSA) is 77.2 Å². The number of ketones is 1. The molecule has 3 heterocycles. The molecule has 1 N–H and O–H groups in total. The molecule has 3 aromatic rings. The lowest BCUT2D eigenvalue weighted by Crippen LogP contribution is -1.99. The standard InChI is InChI=1S/C17H11N3O3/c21-12-2-3-13-14(8-12)23-15(17(13)22)7-11-1-4-16(19-9-11)20-6-5-18-10-20/h1-10,21H. The highest BCUT2D eigenvalue weighted by Gasteiger charge is 2.27. The van der Waals surface area contributed by atoms with Gasteiger partial charge in [-0.25, -0.2) is 9.97 Å². The summed E-state index contributed by atoms with van der Waals surface area (Å²) in [5, 5.41) is 9.45. The number of carbonyl (C=O) groups is 1. The van der Waals surface area contributed by atoms with Crippen LogP contribution < -0.4 is 4.74 Å². The van der Waals surface area contributed by atoms with Crippen LogP contribution in [0, 0.1) is 0 Å². The summed E-state index contributed by atoms with van der Waals surface area (Å²) in [7, 11) is 0. The van der Waals surface area contributed by atoms with Crippen LogP contribution >= 0.6 is 0 Å². The lowest BCUT2D eigenvalue weighted by atomic mass is 10.1. The van der Waals surface area contributed by atoms with Crippen molar-refractivity contribution in [3.63, 3.8) is 0 Å². The van der Waals surface area contributed by atoms with E-state index < -0.39 is 0 Å². The lowest BCUT2D eigenvalue weighted by molar-refractivity contribution is 0.101. The Morgan fingerprint density at radius 2 is 2.13 bits per heavy atom. The zero-order valence-corrected chi connectivity index (χ0v) is 11.9. The van der Waals surface area contributed by atoms with Crippen molar-refractivity contribution in [3.05, 3.63) is 72.1 Å². The van der Waals surface area contributed by atoms with Crippen LogP contribution in [0.15, 0.2) is 61.0 Å². The van der Waals surface area contributed by atoms with Crippen molar-refractivity contribution in [1.82, 2.24) is 14.5 Å². The Hall–Kier alpha value is -3.41. The van der Waals surface area contributed by atoms with E-state index in [1.807, 2.05) is 12.1 Å². The average Bonchev–Trinajstić information content (AvgIpc) is 3.18. The lowest BCUT2D eigenvalue weighted by Gasteiger charge is -2.02. The van der Waals surface area contributed by atoms with Gasteiger partial charge in [0, 0.05) is 24.7 Å². The number of benzene rings is 1. The van der Waals surface area contributed by atoms with Gasteiger partial charge in [0.15, 0.2) is 5.76 Å². The number of nitrogens with zero attached hydrogens (tertiary/aromatic N) is 3. The van der Waals surface area contributed by atoms with Gasteiger partial charge in [-0.3, -0.25) is 9.36 Å². The summed E-state index contributed by atoms with van der Waals surface area (Å²) in [5.74, 6) is 1.16. The van der Waals surface area contributed by atoms with Gasteiger partial charge >= 0.3 is 0 Å². The summed E-state index contributed by atoms with van der Waals surface area (Å²) < 4.78 is 7.30. The number of hydrogen-bond donors (Lipinski definition) is 1. The van der Waals surface area contributed by atoms with E-state index in [2.05, 4.69) is 9.97 Å². The minimum atomic E-state index is -0.210. The van der Waals surface area contributed by atoms with Crippen molar-refractivity contribution in [2.45, 2.75) is 0 Å². The van der Waals surface area contributed by atoms with E-state index >= 15 is 0 Å². The van der Waals surface area contributed by atoms with E-state index in [0.29, 0.717) is 11.3 Å². The van der Waals surface area contributed by atoms with E-state index in [0.717, 1.165) is 11.4 Å². The maximum absolute atomic E-state index is 12.3. The number of carbonyl (C=O) groups excluding carboxylic acids is 1. The van der Waals surface area contributed by atoms with Gasteiger partial charge in [-0.05, 0) is 35.9 Å². The molecular weight excluding hydrogens is 294 g/mol. The molecule has 1 aliphatic heterocycles. The first-order valence-electron chi connectivity index (χ1n) is 6.92. The first-order chi connectivity index (χ1) is 11.2. The Kier molecular flexibility index (Phi) is 2.94. The molecule has 6 heteroatoms. The summed E-state index contributed by atoms with van der Waals surface area (Å²) >= 11 is 0. The first kappa shape index (κ1) is 13.3. The van der Waals surface area contributed by atoms with Crippen molar-refractivity contribution >= 4 is 11.9 Å². The molecule has 0 aliphatic carbocycles. The van der Waals surface area contributed by atoms with Crippen LogP contribution in [-0.4, -0.2) is 25.4 Å². The molecule has 0 bridgehead atoms. The number of hydrogen-bond acceptors (Lipinski definition) is 5. The molecule has 23 heavy (non-hydrogen) atoms. The van der Waals surface area contributed by atoms with Crippen molar-refractivity contribution < 1.29 is 14.6 Å². The molecule has 6 nitrogen and oxygen atoms in total. The monoisotopic (exact) mass is 305 g/mol. The normalized spacial score (nSPS) is 14.8. The second-order valence-corrected chi connectivity index (χ2v) is 5.04. The highest BCUT2D eigenvalue weighted by molar-refractivity contribution is 6.14. The molecule has 0 saturated heterocycles. The molecule has 0 fully saturated rings. The van der Waals surface area contributed by atoms with Crippen LogP contribution in [0.4, 0.5) is 0 Å². The molecule has 4 rings (SSSR count). The molecule has 0 spiro atoms. The van der Waals surface area contributed by atoms with Crippen LogP contribution in [0.2, 0.25) is 0 Å². The van der Waals surface area contributed by atoms with Crippen molar-refractivity contribution in [2.24, 2.45) is 0 Å². The predicted molar refractivity (Wildman–Crippen MR) is 82.4 cm³/mol. The third-order valence-electron chi connectivity index (χ3n) is 3.49. The maximum Gasteiger partial charge on any atom is 0.231 e. The second-order valence-electron chi connectivity index (χ2n) is 5.04. The quantitative estimate of drug-likeness (QED) is 0.736. The van der Waals surface area contributed by atoms with Crippen molar-refractivity contribution in [1.29, 1.82) is 0 Å². The Morgan fingerprint density at radius 3 is 2.87 bits per heavy atom. The highest BCUT2D eigenvalue weighted by atomic mass is 16.5. The van der Waals surface area contributed by atoms with Crippen LogP contribution in [0.5, 0.6) is 11.5 Å². The number of allylic oxidation sites excluding steroid dienone is 1. The zero-order valence-electron chi connectivity index (χ0n) is 11.9. The molecular formula is C17H11N3O3. The molecule has 112 valence electrons. The fourth-order valence-electron chi connectivity index (χ4n) is 2.36. The number of Topliss-reactive ketones (excluding diaryl/α,β-unsaturated/α-hetero) is 1. The number of pyridine rings is 1. The van der Waals surface area contributed by atoms with Gasteiger partial charge < -0.3 is 9.84 Å². The number of fused-ring (bicyclic) bond motifs is 1. The van der Waals surface area contributed by atoms with Crippen molar-refractivity contribution in [3.8, 4) is 17.3 Å². The molecule has 0 saturated carbocycles. The third-order valence-corrected chi connectivity index (χ3v) is 3.49. The number of aromatic hydroxyl groups is 1. The van der Waals surface area contributed by atoms with E-state index in [1.165, 1.54) is 12.1 Å². The van der Waals surface area contributed by atoms with Crippen LogP contribution in [0.1, 0.15) is 15.9 Å².